The van der Waals surface area contributed by atoms with Crippen LogP contribution in [0.15, 0.2) is 24.3 Å². The third-order valence-electron chi connectivity index (χ3n) is 5.43. The minimum atomic E-state index is -1.04. The SMILES string of the molecule is C=C1CC[C@H]2C(=C)CC[C@@H]3[C@H](OC(=O)[C@H]3SC[C@@H](N)C(=O)O)[C@@H]12. The van der Waals surface area contributed by atoms with Gasteiger partial charge in [0.15, 0.2) is 0 Å². The Labute approximate surface area is 140 Å². The van der Waals surface area contributed by atoms with Crippen LogP contribution in [-0.2, 0) is 14.3 Å². The molecule has 2 saturated carbocycles. The summed E-state index contributed by atoms with van der Waals surface area (Å²) >= 11 is 1.32. The van der Waals surface area contributed by atoms with Crippen molar-refractivity contribution in [2.45, 2.75) is 43.1 Å². The van der Waals surface area contributed by atoms with Crippen LogP contribution in [0.25, 0.3) is 0 Å². The number of nitrogens with two attached hydrogens (primary N) is 1. The minimum absolute atomic E-state index is 0.0927. The lowest BCUT2D eigenvalue weighted by Crippen LogP contribution is -2.35. The number of fused-ring (bicyclic) bond motifs is 3. The molecule has 0 aromatic heterocycles. The van der Waals surface area contributed by atoms with E-state index in [1.165, 1.54) is 17.3 Å². The van der Waals surface area contributed by atoms with Crippen LogP contribution in [0.1, 0.15) is 25.7 Å². The molecule has 0 amide bonds. The molecule has 126 valence electrons. The molecule has 1 heterocycles. The molecule has 23 heavy (non-hydrogen) atoms. The normalized spacial score (nSPS) is 37.8. The van der Waals surface area contributed by atoms with Gasteiger partial charge in [-0.1, -0.05) is 24.3 Å². The maximum atomic E-state index is 12.3. The Morgan fingerprint density at radius 1 is 1.35 bits per heavy atom. The second kappa shape index (κ2) is 6.32. The van der Waals surface area contributed by atoms with Crippen LogP contribution in [0.2, 0.25) is 0 Å². The van der Waals surface area contributed by atoms with Gasteiger partial charge in [0.1, 0.15) is 17.4 Å². The summed E-state index contributed by atoms with van der Waals surface area (Å²) in [6.07, 6.45) is 3.63. The molecular weight excluding hydrogens is 314 g/mol. The van der Waals surface area contributed by atoms with Crippen molar-refractivity contribution in [2.24, 2.45) is 23.5 Å². The predicted molar refractivity (Wildman–Crippen MR) is 89.0 cm³/mol. The van der Waals surface area contributed by atoms with E-state index in [-0.39, 0.29) is 34.9 Å². The number of hydrogen-bond donors (Lipinski definition) is 2. The van der Waals surface area contributed by atoms with E-state index in [0.29, 0.717) is 5.92 Å². The summed E-state index contributed by atoms with van der Waals surface area (Å²) in [5.74, 6) is -0.413. The predicted octanol–water partition coefficient (Wildman–Crippen LogP) is 1.97. The Hall–Kier alpha value is -1.27. The number of ether oxygens (including phenoxy) is 1. The Balaban J connectivity index is 1.77. The van der Waals surface area contributed by atoms with Gasteiger partial charge in [0.2, 0.25) is 0 Å². The molecule has 1 saturated heterocycles. The summed E-state index contributed by atoms with van der Waals surface area (Å²) < 4.78 is 5.73. The number of allylic oxidation sites excluding steroid dienone is 1. The van der Waals surface area contributed by atoms with E-state index in [1.807, 2.05) is 0 Å². The number of carboxylic acid groups (broad SMARTS) is 1. The Bertz CT molecular complexity index is 561. The highest BCUT2D eigenvalue weighted by Gasteiger charge is 2.53. The van der Waals surface area contributed by atoms with Gasteiger partial charge >= 0.3 is 11.9 Å². The number of carbonyl (C=O) groups excluding carboxylic acids is 1. The Kier molecular flexibility index (Phi) is 4.56. The van der Waals surface area contributed by atoms with Crippen LogP contribution >= 0.6 is 11.8 Å². The van der Waals surface area contributed by atoms with E-state index in [1.54, 1.807) is 0 Å². The molecule has 3 rings (SSSR count). The number of thioether (sulfide) groups is 1. The second-order valence-electron chi connectivity index (χ2n) is 6.79. The number of carbonyl (C=O) groups is 2. The average Bonchev–Trinajstić information content (AvgIpc) is 2.98. The van der Waals surface area contributed by atoms with E-state index in [0.717, 1.165) is 31.3 Å². The van der Waals surface area contributed by atoms with E-state index in [2.05, 4.69) is 13.2 Å². The van der Waals surface area contributed by atoms with Crippen LogP contribution in [0.5, 0.6) is 0 Å². The van der Waals surface area contributed by atoms with Crippen LogP contribution in [0, 0.1) is 17.8 Å². The number of hydrogen-bond acceptors (Lipinski definition) is 5. The first-order valence-corrected chi connectivity index (χ1v) is 9.11. The van der Waals surface area contributed by atoms with Gasteiger partial charge in [0.25, 0.3) is 0 Å². The van der Waals surface area contributed by atoms with Crippen molar-refractivity contribution in [2.75, 3.05) is 5.75 Å². The van der Waals surface area contributed by atoms with E-state index in [4.69, 9.17) is 15.6 Å². The largest absolute Gasteiger partial charge is 0.480 e. The number of rotatable bonds is 4. The fourth-order valence-electron chi connectivity index (χ4n) is 4.19. The zero-order chi connectivity index (χ0) is 16.7. The molecule has 3 aliphatic rings. The molecule has 6 heteroatoms. The highest BCUT2D eigenvalue weighted by atomic mass is 32.2. The third-order valence-corrected chi connectivity index (χ3v) is 6.88. The fourth-order valence-corrected chi connectivity index (χ4v) is 5.48. The molecule has 1 aliphatic heterocycles. The first kappa shape index (κ1) is 16.6. The lowest BCUT2D eigenvalue weighted by atomic mass is 9.82. The summed E-state index contributed by atoms with van der Waals surface area (Å²) in [5.41, 5.74) is 7.97. The van der Waals surface area contributed by atoms with Crippen molar-refractivity contribution in [3.63, 3.8) is 0 Å². The smallest absolute Gasteiger partial charge is 0.321 e. The van der Waals surface area contributed by atoms with Gasteiger partial charge in [-0.3, -0.25) is 9.59 Å². The monoisotopic (exact) mass is 337 g/mol. The van der Waals surface area contributed by atoms with Gasteiger partial charge in [0, 0.05) is 17.6 Å². The highest BCUT2D eigenvalue weighted by Crippen LogP contribution is 2.52. The molecule has 0 aromatic rings. The van der Waals surface area contributed by atoms with Crippen molar-refractivity contribution < 1.29 is 19.4 Å². The zero-order valence-corrected chi connectivity index (χ0v) is 13.9. The molecule has 0 spiro atoms. The molecule has 0 aromatic carbocycles. The Morgan fingerprint density at radius 3 is 2.74 bits per heavy atom. The van der Waals surface area contributed by atoms with Gasteiger partial charge in [0.05, 0.1) is 0 Å². The van der Waals surface area contributed by atoms with Crippen LogP contribution in [0.4, 0.5) is 0 Å². The number of esters is 1. The summed E-state index contributed by atoms with van der Waals surface area (Å²) in [4.78, 5) is 23.2. The molecule has 2 aliphatic carbocycles. The second-order valence-corrected chi connectivity index (χ2v) is 7.96. The molecule has 0 bridgehead atoms. The quantitative estimate of drug-likeness (QED) is 0.602. The van der Waals surface area contributed by atoms with Gasteiger partial charge in [-0.25, -0.2) is 0 Å². The van der Waals surface area contributed by atoms with Crippen LogP contribution in [-0.4, -0.2) is 40.2 Å². The molecule has 3 fully saturated rings. The molecule has 3 N–H and O–H groups in total. The van der Waals surface area contributed by atoms with E-state index in [9.17, 15) is 9.59 Å². The lowest BCUT2D eigenvalue weighted by Gasteiger charge is -2.26. The first-order valence-electron chi connectivity index (χ1n) is 8.06. The minimum Gasteiger partial charge on any atom is -0.480 e. The zero-order valence-electron chi connectivity index (χ0n) is 13.1. The molecule has 0 unspecified atom stereocenters. The van der Waals surface area contributed by atoms with Crippen LogP contribution < -0.4 is 5.73 Å². The molecular formula is C17H23NO4S. The molecule has 0 radical (unpaired) electrons. The summed E-state index contributed by atoms with van der Waals surface area (Å²) in [6.45, 7) is 8.42. The van der Waals surface area contributed by atoms with Crippen molar-refractivity contribution in [3.8, 4) is 0 Å². The third kappa shape index (κ3) is 2.94. The maximum Gasteiger partial charge on any atom is 0.321 e. The van der Waals surface area contributed by atoms with Gasteiger partial charge in [-0.2, -0.15) is 0 Å². The van der Waals surface area contributed by atoms with Crippen molar-refractivity contribution >= 4 is 23.7 Å². The van der Waals surface area contributed by atoms with Crippen molar-refractivity contribution in [1.29, 1.82) is 0 Å². The summed E-state index contributed by atoms with van der Waals surface area (Å²) in [6, 6.07) is -0.957. The fraction of sp³-hybridized carbons (Fsp3) is 0.647. The summed E-state index contributed by atoms with van der Waals surface area (Å²) in [7, 11) is 0. The lowest BCUT2D eigenvalue weighted by molar-refractivity contribution is -0.143. The topological polar surface area (TPSA) is 89.6 Å². The molecule has 5 nitrogen and oxygen atoms in total. The highest BCUT2D eigenvalue weighted by molar-refractivity contribution is 8.00. The van der Waals surface area contributed by atoms with Gasteiger partial charge < -0.3 is 15.6 Å². The van der Waals surface area contributed by atoms with Crippen molar-refractivity contribution in [1.82, 2.24) is 0 Å². The Morgan fingerprint density at radius 2 is 2.04 bits per heavy atom. The summed E-state index contributed by atoms with van der Waals surface area (Å²) in [5, 5.41) is 8.59. The average molecular weight is 337 g/mol. The maximum absolute atomic E-state index is 12.3. The first-order chi connectivity index (χ1) is 10.9. The van der Waals surface area contributed by atoms with Crippen LogP contribution in [0.3, 0.4) is 0 Å². The molecule has 6 atom stereocenters. The van der Waals surface area contributed by atoms with Gasteiger partial charge in [-0.15, -0.1) is 11.8 Å². The number of aliphatic carboxylic acids is 1. The van der Waals surface area contributed by atoms with Crippen molar-refractivity contribution in [3.05, 3.63) is 24.3 Å². The van der Waals surface area contributed by atoms with Gasteiger partial charge in [-0.05, 0) is 31.6 Å². The van der Waals surface area contributed by atoms with E-state index < -0.39 is 12.0 Å². The number of carboxylic acids is 1. The van der Waals surface area contributed by atoms with E-state index >= 15 is 0 Å². The standard InChI is InChI=1S/C17H23NO4S/c1-8-3-6-11-14(13-9(2)4-5-10(8)13)22-17(21)15(11)23-7-12(18)16(19)20/h10-15H,1-7,18H2,(H,19,20)/t10-,11+,12+,13-,14-,15-/m0/s1.